The fraction of sp³-hybridized carbons (Fsp3) is 0.125. The first-order valence-electron chi connectivity index (χ1n) is 13.2. The summed E-state index contributed by atoms with van der Waals surface area (Å²) in [5.41, 5.74) is 3.40. The Bertz CT molecular complexity index is 1890. The van der Waals surface area contributed by atoms with Crippen molar-refractivity contribution in [2.45, 2.75) is 11.8 Å². The maximum absolute atomic E-state index is 13.5. The molecule has 0 aliphatic rings. The molecule has 0 aliphatic carbocycles. The number of pyridine rings is 1. The third kappa shape index (κ3) is 6.62. The molecule has 0 fully saturated rings. The lowest BCUT2D eigenvalue weighted by molar-refractivity contribution is 0.102. The molecule has 0 spiro atoms. The van der Waals surface area contributed by atoms with E-state index in [1.165, 1.54) is 24.3 Å². The van der Waals surface area contributed by atoms with Gasteiger partial charge in [-0.2, -0.15) is 0 Å². The molecule has 5 rings (SSSR count). The highest BCUT2D eigenvalue weighted by Gasteiger charge is 2.19. The average Bonchev–Trinajstić information content (AvgIpc) is 3.01. The molecule has 3 N–H and O–H groups in total. The van der Waals surface area contributed by atoms with E-state index in [0.717, 1.165) is 10.9 Å². The van der Waals surface area contributed by atoms with Crippen LogP contribution in [0.15, 0.2) is 95.9 Å². The third-order valence-electron chi connectivity index (χ3n) is 6.68. The standard InChI is InChI=1S/C32H30N4O6S/c1-20-9-10-22(16-30(20)42-4)32(37)34-23-11-13-27(14-12-23)43(38,39)36-31-29(15-21-7-5-6-8-28(21)35-31)33-24-17-25(40-2)19-26(18-24)41-3/h5-19,33H,1-4H3,(H,34,37)(H,35,36). The molecule has 0 saturated heterocycles. The van der Waals surface area contributed by atoms with Crippen molar-refractivity contribution in [1.82, 2.24) is 4.98 Å². The third-order valence-corrected chi connectivity index (χ3v) is 8.03. The quantitative estimate of drug-likeness (QED) is 0.169. The minimum atomic E-state index is -4.06. The minimum absolute atomic E-state index is 0.00791. The predicted octanol–water partition coefficient (Wildman–Crippen LogP) is 6.37. The summed E-state index contributed by atoms with van der Waals surface area (Å²) in [7, 11) is 0.572. The maximum Gasteiger partial charge on any atom is 0.263 e. The Hall–Kier alpha value is -5.29. The number of carbonyl (C=O) groups is 1. The minimum Gasteiger partial charge on any atom is -0.497 e. The number of hydrogen-bond donors (Lipinski definition) is 3. The van der Waals surface area contributed by atoms with Gasteiger partial charge in [0, 0.05) is 40.5 Å². The summed E-state index contributed by atoms with van der Waals surface area (Å²) >= 11 is 0. The van der Waals surface area contributed by atoms with E-state index in [0.29, 0.717) is 45.4 Å². The first-order valence-corrected chi connectivity index (χ1v) is 14.7. The summed E-state index contributed by atoms with van der Waals surface area (Å²) in [6, 6.07) is 25.5. The molecule has 5 aromatic rings. The van der Waals surface area contributed by atoms with Crippen LogP contribution in [0, 0.1) is 6.92 Å². The highest BCUT2D eigenvalue weighted by Crippen LogP contribution is 2.33. The normalized spacial score (nSPS) is 11.1. The Morgan fingerprint density at radius 1 is 0.767 bits per heavy atom. The summed E-state index contributed by atoms with van der Waals surface area (Å²) in [6.07, 6.45) is 0. The number of carbonyl (C=O) groups excluding carboxylic acids is 1. The molecule has 0 atom stereocenters. The molecule has 0 aliphatic heterocycles. The van der Waals surface area contributed by atoms with E-state index in [2.05, 4.69) is 20.3 Å². The molecule has 0 saturated carbocycles. The van der Waals surface area contributed by atoms with Gasteiger partial charge < -0.3 is 24.8 Å². The summed E-state index contributed by atoms with van der Waals surface area (Å²) in [6.45, 7) is 1.89. The molecular weight excluding hydrogens is 568 g/mol. The van der Waals surface area contributed by atoms with Gasteiger partial charge in [0.15, 0.2) is 5.82 Å². The molecule has 1 aromatic heterocycles. The van der Waals surface area contributed by atoms with E-state index in [9.17, 15) is 13.2 Å². The number of anilines is 4. The monoisotopic (exact) mass is 598 g/mol. The lowest BCUT2D eigenvalue weighted by atomic mass is 10.1. The van der Waals surface area contributed by atoms with Gasteiger partial charge >= 0.3 is 0 Å². The topological polar surface area (TPSA) is 128 Å². The van der Waals surface area contributed by atoms with Crippen molar-refractivity contribution < 1.29 is 27.4 Å². The number of rotatable bonds is 10. The Kier molecular flexibility index (Phi) is 8.35. The maximum atomic E-state index is 13.5. The summed E-state index contributed by atoms with van der Waals surface area (Å²) < 4.78 is 45.6. The Morgan fingerprint density at radius 3 is 2.14 bits per heavy atom. The zero-order valence-electron chi connectivity index (χ0n) is 24.0. The number of ether oxygens (including phenoxy) is 3. The lowest BCUT2D eigenvalue weighted by Gasteiger charge is -2.16. The molecule has 220 valence electrons. The number of nitrogens with one attached hydrogen (secondary N) is 3. The van der Waals surface area contributed by atoms with Crippen LogP contribution in [-0.2, 0) is 10.0 Å². The Labute approximate surface area is 249 Å². The van der Waals surface area contributed by atoms with Gasteiger partial charge in [-0.25, -0.2) is 13.4 Å². The zero-order chi connectivity index (χ0) is 30.6. The molecule has 0 radical (unpaired) electrons. The SMILES string of the molecule is COc1cc(Nc2cc3ccccc3nc2NS(=O)(=O)c2ccc(NC(=O)c3ccc(C)c(OC)c3)cc2)cc(OC)c1. The Morgan fingerprint density at radius 2 is 1.47 bits per heavy atom. The van der Waals surface area contributed by atoms with E-state index >= 15 is 0 Å². The largest absolute Gasteiger partial charge is 0.497 e. The fourth-order valence-corrected chi connectivity index (χ4v) is 5.41. The van der Waals surface area contributed by atoms with Gasteiger partial charge in [0.05, 0.1) is 37.4 Å². The molecule has 0 bridgehead atoms. The molecule has 4 aromatic carbocycles. The van der Waals surface area contributed by atoms with Crippen molar-refractivity contribution in [3.63, 3.8) is 0 Å². The van der Waals surface area contributed by atoms with Gasteiger partial charge in [-0.05, 0) is 61.0 Å². The highest BCUT2D eigenvalue weighted by molar-refractivity contribution is 7.92. The average molecular weight is 599 g/mol. The van der Waals surface area contributed by atoms with Crippen LogP contribution in [0.25, 0.3) is 10.9 Å². The molecule has 11 heteroatoms. The molecule has 43 heavy (non-hydrogen) atoms. The first kappa shape index (κ1) is 29.2. The first-order chi connectivity index (χ1) is 20.7. The number of nitrogens with zero attached hydrogens (tertiary/aromatic N) is 1. The molecule has 1 heterocycles. The van der Waals surface area contributed by atoms with Gasteiger partial charge in [-0.3, -0.25) is 9.52 Å². The van der Waals surface area contributed by atoms with E-state index in [4.69, 9.17) is 14.2 Å². The van der Waals surface area contributed by atoms with Crippen molar-refractivity contribution in [3.8, 4) is 17.2 Å². The van der Waals surface area contributed by atoms with Gasteiger partial charge in [-0.1, -0.05) is 24.3 Å². The summed E-state index contributed by atoms with van der Waals surface area (Å²) in [5.74, 6) is 1.48. The second-order valence-electron chi connectivity index (χ2n) is 9.57. The number of amides is 1. The van der Waals surface area contributed by atoms with E-state index in [-0.39, 0.29) is 16.6 Å². The molecule has 1 amide bonds. The number of para-hydroxylation sites is 1. The number of aryl methyl sites for hydroxylation is 1. The van der Waals surface area contributed by atoms with Crippen LogP contribution < -0.4 is 29.6 Å². The van der Waals surface area contributed by atoms with Crippen molar-refractivity contribution in [2.24, 2.45) is 0 Å². The van der Waals surface area contributed by atoms with Crippen molar-refractivity contribution in [3.05, 3.63) is 102 Å². The summed E-state index contributed by atoms with van der Waals surface area (Å²) in [5, 5.41) is 6.83. The second-order valence-corrected chi connectivity index (χ2v) is 11.3. The van der Waals surface area contributed by atoms with E-state index < -0.39 is 10.0 Å². The number of sulfonamides is 1. The number of methoxy groups -OCH3 is 3. The number of hydrogen-bond acceptors (Lipinski definition) is 8. The van der Waals surface area contributed by atoms with Crippen LogP contribution in [0.2, 0.25) is 0 Å². The van der Waals surface area contributed by atoms with Crippen molar-refractivity contribution >= 4 is 49.7 Å². The van der Waals surface area contributed by atoms with Gasteiger partial charge in [-0.15, -0.1) is 0 Å². The number of benzene rings is 4. The van der Waals surface area contributed by atoms with E-state index in [1.54, 1.807) is 63.8 Å². The van der Waals surface area contributed by atoms with Crippen LogP contribution in [0.3, 0.4) is 0 Å². The van der Waals surface area contributed by atoms with Crippen LogP contribution in [-0.4, -0.2) is 40.6 Å². The second kappa shape index (κ2) is 12.3. The summed E-state index contributed by atoms with van der Waals surface area (Å²) in [4.78, 5) is 17.4. The Balaban J connectivity index is 1.41. The molecular formula is C32H30N4O6S. The smallest absolute Gasteiger partial charge is 0.263 e. The van der Waals surface area contributed by atoms with Gasteiger partial charge in [0.25, 0.3) is 15.9 Å². The van der Waals surface area contributed by atoms with Crippen LogP contribution in [0.5, 0.6) is 17.2 Å². The zero-order valence-corrected chi connectivity index (χ0v) is 24.8. The van der Waals surface area contributed by atoms with E-state index in [1.807, 2.05) is 31.2 Å². The molecule has 10 nitrogen and oxygen atoms in total. The van der Waals surface area contributed by atoms with Crippen LogP contribution in [0.4, 0.5) is 22.9 Å². The van der Waals surface area contributed by atoms with Crippen LogP contribution in [0.1, 0.15) is 15.9 Å². The van der Waals surface area contributed by atoms with Gasteiger partial charge in [0.2, 0.25) is 0 Å². The number of aromatic nitrogens is 1. The highest BCUT2D eigenvalue weighted by atomic mass is 32.2. The molecule has 0 unspecified atom stereocenters. The predicted molar refractivity (Wildman–Crippen MR) is 168 cm³/mol. The van der Waals surface area contributed by atoms with Gasteiger partial charge in [0.1, 0.15) is 17.2 Å². The fourth-order valence-electron chi connectivity index (χ4n) is 4.39. The van der Waals surface area contributed by atoms with Crippen molar-refractivity contribution in [2.75, 3.05) is 36.7 Å². The number of fused-ring (bicyclic) bond motifs is 1. The lowest BCUT2D eigenvalue weighted by Crippen LogP contribution is -2.16. The van der Waals surface area contributed by atoms with Crippen LogP contribution >= 0.6 is 0 Å². The van der Waals surface area contributed by atoms with Crippen molar-refractivity contribution in [1.29, 1.82) is 0 Å².